The van der Waals surface area contributed by atoms with E-state index in [1.807, 2.05) is 25.6 Å². The molecule has 0 saturated carbocycles. The van der Waals surface area contributed by atoms with Gasteiger partial charge in [0, 0.05) is 35.0 Å². The minimum Gasteiger partial charge on any atom is -0.369 e. The highest BCUT2D eigenvalue weighted by Crippen LogP contribution is 2.18. The van der Waals surface area contributed by atoms with E-state index in [4.69, 9.17) is 5.73 Å². The van der Waals surface area contributed by atoms with Crippen molar-refractivity contribution in [3.8, 4) is 0 Å². The highest BCUT2D eigenvalue weighted by molar-refractivity contribution is 7.98. The van der Waals surface area contributed by atoms with Gasteiger partial charge in [-0.3, -0.25) is 0 Å². The number of rotatable bonds is 7. The Morgan fingerprint density at radius 2 is 2.14 bits per heavy atom. The van der Waals surface area contributed by atoms with Crippen molar-refractivity contribution in [3.63, 3.8) is 0 Å². The Morgan fingerprint density at radius 3 is 2.81 bits per heavy atom. The quantitative estimate of drug-likeness (QED) is 0.680. The molecule has 0 aliphatic rings. The van der Waals surface area contributed by atoms with Crippen LogP contribution in [-0.2, 0) is 12.2 Å². The number of nitrogens with one attached hydrogen (secondary N) is 2. The third-order valence-corrected chi connectivity index (χ3v) is 4.27. The maximum atomic E-state index is 5.72. The molecule has 6 nitrogen and oxygen atoms in total. The number of aromatic amines is 1. The predicted octanol–water partition coefficient (Wildman–Crippen LogP) is 2.31. The SMILES string of the molecule is CCc1c(C)nc(N)nc1NCCSCc1nc[nH]c1C. The monoisotopic (exact) mass is 306 g/mol. The van der Waals surface area contributed by atoms with Crippen molar-refractivity contribution in [2.75, 3.05) is 23.3 Å². The Hall–Kier alpha value is -1.76. The number of thioether (sulfide) groups is 1. The van der Waals surface area contributed by atoms with Crippen LogP contribution in [0, 0.1) is 13.8 Å². The molecular formula is C14H22N6S. The van der Waals surface area contributed by atoms with Crippen LogP contribution in [0.25, 0.3) is 0 Å². The average molecular weight is 306 g/mol. The predicted molar refractivity (Wildman–Crippen MR) is 88.5 cm³/mol. The lowest BCUT2D eigenvalue weighted by Gasteiger charge is -2.12. The molecule has 21 heavy (non-hydrogen) atoms. The molecule has 0 aliphatic carbocycles. The van der Waals surface area contributed by atoms with Crippen LogP contribution in [0.3, 0.4) is 0 Å². The average Bonchev–Trinajstić information content (AvgIpc) is 2.83. The van der Waals surface area contributed by atoms with E-state index >= 15 is 0 Å². The summed E-state index contributed by atoms with van der Waals surface area (Å²) in [6.07, 6.45) is 2.64. The molecule has 0 bridgehead atoms. The summed E-state index contributed by atoms with van der Waals surface area (Å²) in [5.41, 5.74) is 10.1. The molecule has 0 atom stereocenters. The Morgan fingerprint density at radius 1 is 1.33 bits per heavy atom. The van der Waals surface area contributed by atoms with Crippen molar-refractivity contribution >= 4 is 23.5 Å². The van der Waals surface area contributed by atoms with Gasteiger partial charge >= 0.3 is 0 Å². The van der Waals surface area contributed by atoms with Crippen LogP contribution in [0.15, 0.2) is 6.33 Å². The van der Waals surface area contributed by atoms with Gasteiger partial charge in [-0.2, -0.15) is 16.7 Å². The minimum absolute atomic E-state index is 0.326. The standard InChI is InChI=1S/C14H22N6S/c1-4-11-9(2)19-14(15)20-13(11)16-5-6-21-7-12-10(3)17-8-18-12/h8H,4-7H2,1-3H3,(H,17,18)(H3,15,16,19,20). The summed E-state index contributed by atoms with van der Waals surface area (Å²) < 4.78 is 0. The first-order chi connectivity index (χ1) is 10.1. The van der Waals surface area contributed by atoms with Gasteiger partial charge < -0.3 is 16.0 Å². The van der Waals surface area contributed by atoms with E-state index in [0.717, 1.165) is 52.9 Å². The number of hydrogen-bond acceptors (Lipinski definition) is 6. The van der Waals surface area contributed by atoms with Crippen LogP contribution in [0.2, 0.25) is 0 Å². The van der Waals surface area contributed by atoms with Gasteiger partial charge in [-0.15, -0.1) is 0 Å². The van der Waals surface area contributed by atoms with Crippen LogP contribution in [0.1, 0.15) is 29.6 Å². The molecule has 2 aromatic rings. The Kier molecular flexibility index (Phi) is 5.44. The van der Waals surface area contributed by atoms with E-state index in [9.17, 15) is 0 Å². The maximum Gasteiger partial charge on any atom is 0.222 e. The zero-order valence-corrected chi connectivity index (χ0v) is 13.5. The molecule has 4 N–H and O–H groups in total. The number of nitrogens with zero attached hydrogens (tertiary/aromatic N) is 3. The fourth-order valence-electron chi connectivity index (χ4n) is 2.13. The summed E-state index contributed by atoms with van der Waals surface area (Å²) in [4.78, 5) is 15.9. The van der Waals surface area contributed by atoms with Crippen molar-refractivity contribution in [1.82, 2.24) is 19.9 Å². The number of aryl methyl sites for hydroxylation is 2. The van der Waals surface area contributed by atoms with Crippen molar-refractivity contribution in [2.45, 2.75) is 32.9 Å². The first kappa shape index (κ1) is 15.6. The van der Waals surface area contributed by atoms with Gasteiger partial charge in [0.15, 0.2) is 0 Å². The summed E-state index contributed by atoms with van der Waals surface area (Å²) in [5, 5.41) is 3.36. The number of nitrogen functional groups attached to an aromatic ring is 1. The molecule has 7 heteroatoms. The summed E-state index contributed by atoms with van der Waals surface area (Å²) in [6.45, 7) is 6.96. The van der Waals surface area contributed by atoms with Crippen LogP contribution in [0.4, 0.5) is 11.8 Å². The van der Waals surface area contributed by atoms with Crippen LogP contribution < -0.4 is 11.1 Å². The molecule has 0 unspecified atom stereocenters. The first-order valence-corrected chi connectivity index (χ1v) is 8.20. The molecule has 0 spiro atoms. The third-order valence-electron chi connectivity index (χ3n) is 3.30. The lowest BCUT2D eigenvalue weighted by molar-refractivity contribution is 0.994. The van der Waals surface area contributed by atoms with Crippen LogP contribution >= 0.6 is 11.8 Å². The summed E-state index contributed by atoms with van der Waals surface area (Å²) in [7, 11) is 0. The van der Waals surface area contributed by atoms with Gasteiger partial charge in [0.1, 0.15) is 5.82 Å². The molecule has 2 heterocycles. The third kappa shape index (κ3) is 4.10. The first-order valence-electron chi connectivity index (χ1n) is 7.05. The van der Waals surface area contributed by atoms with E-state index in [2.05, 4.69) is 32.2 Å². The van der Waals surface area contributed by atoms with Gasteiger partial charge in [-0.1, -0.05) is 6.92 Å². The molecule has 0 amide bonds. The zero-order valence-electron chi connectivity index (χ0n) is 12.7. The van der Waals surface area contributed by atoms with E-state index in [0.29, 0.717) is 5.95 Å². The largest absolute Gasteiger partial charge is 0.369 e. The number of anilines is 2. The van der Waals surface area contributed by atoms with Crippen molar-refractivity contribution in [3.05, 3.63) is 29.0 Å². The minimum atomic E-state index is 0.326. The highest BCUT2D eigenvalue weighted by atomic mass is 32.2. The number of nitrogens with two attached hydrogens (primary N) is 1. The van der Waals surface area contributed by atoms with E-state index in [1.54, 1.807) is 6.33 Å². The molecule has 0 aliphatic heterocycles. The fraction of sp³-hybridized carbons (Fsp3) is 0.500. The van der Waals surface area contributed by atoms with Gasteiger partial charge in [0.05, 0.1) is 12.0 Å². The van der Waals surface area contributed by atoms with Gasteiger partial charge in [0.2, 0.25) is 5.95 Å². The van der Waals surface area contributed by atoms with E-state index in [1.165, 1.54) is 0 Å². The smallest absolute Gasteiger partial charge is 0.222 e. The highest BCUT2D eigenvalue weighted by Gasteiger charge is 2.08. The summed E-state index contributed by atoms with van der Waals surface area (Å²) >= 11 is 1.85. The second-order valence-electron chi connectivity index (χ2n) is 4.80. The fourth-order valence-corrected chi connectivity index (χ4v) is 3.01. The Balaban J connectivity index is 1.82. The zero-order chi connectivity index (χ0) is 15.2. The number of H-pyrrole nitrogens is 1. The van der Waals surface area contributed by atoms with Crippen LogP contribution in [0.5, 0.6) is 0 Å². The van der Waals surface area contributed by atoms with Crippen LogP contribution in [-0.4, -0.2) is 32.2 Å². The molecule has 0 fully saturated rings. The lowest BCUT2D eigenvalue weighted by Crippen LogP contribution is -2.12. The lowest BCUT2D eigenvalue weighted by atomic mass is 10.1. The summed E-state index contributed by atoms with van der Waals surface area (Å²) in [5.74, 6) is 3.09. The molecule has 114 valence electrons. The van der Waals surface area contributed by atoms with Gasteiger partial charge in [-0.25, -0.2) is 9.97 Å². The number of hydrogen-bond donors (Lipinski definition) is 3. The van der Waals surface area contributed by atoms with Crippen molar-refractivity contribution in [1.29, 1.82) is 0 Å². The van der Waals surface area contributed by atoms with E-state index < -0.39 is 0 Å². The molecule has 2 rings (SSSR count). The number of aromatic nitrogens is 4. The summed E-state index contributed by atoms with van der Waals surface area (Å²) in [6, 6.07) is 0. The molecule has 0 aromatic carbocycles. The Bertz CT molecular complexity index is 595. The normalized spacial score (nSPS) is 10.8. The number of imidazole rings is 1. The second kappa shape index (κ2) is 7.31. The topological polar surface area (TPSA) is 92.5 Å². The molecular weight excluding hydrogens is 284 g/mol. The van der Waals surface area contributed by atoms with Crippen molar-refractivity contribution < 1.29 is 0 Å². The van der Waals surface area contributed by atoms with Gasteiger partial charge in [0.25, 0.3) is 0 Å². The van der Waals surface area contributed by atoms with E-state index in [-0.39, 0.29) is 0 Å². The molecule has 2 aromatic heterocycles. The maximum absolute atomic E-state index is 5.72. The van der Waals surface area contributed by atoms with Crippen molar-refractivity contribution in [2.24, 2.45) is 0 Å². The Labute approximate surface area is 129 Å². The molecule has 0 saturated heterocycles. The second-order valence-corrected chi connectivity index (χ2v) is 5.91. The van der Waals surface area contributed by atoms with Gasteiger partial charge in [-0.05, 0) is 20.3 Å². The molecule has 0 radical (unpaired) electrons.